The number of piperazine rings is 1. The highest BCUT2D eigenvalue weighted by atomic mass is 35.5. The molecule has 0 spiro atoms. The van der Waals surface area contributed by atoms with Crippen LogP contribution in [0.4, 0.5) is 0 Å². The van der Waals surface area contributed by atoms with Gasteiger partial charge < -0.3 is 25.0 Å². The van der Waals surface area contributed by atoms with Crippen molar-refractivity contribution in [1.29, 1.82) is 0 Å². The lowest BCUT2D eigenvalue weighted by Gasteiger charge is -2.40. The Morgan fingerprint density at radius 1 is 1.07 bits per heavy atom. The number of hydrogen-bond acceptors (Lipinski definition) is 7. The fourth-order valence-electron chi connectivity index (χ4n) is 5.69. The highest BCUT2D eigenvalue weighted by Crippen LogP contribution is 2.39. The molecule has 0 radical (unpaired) electrons. The van der Waals surface area contributed by atoms with E-state index in [1.807, 2.05) is 44.3 Å². The number of halogens is 3. The Balaban J connectivity index is 1.21. The number of amides is 1. The van der Waals surface area contributed by atoms with Crippen molar-refractivity contribution in [3.05, 3.63) is 78.7 Å². The number of aryl methyl sites for hydroxylation is 1. The summed E-state index contributed by atoms with van der Waals surface area (Å²) < 4.78 is 11.7. The van der Waals surface area contributed by atoms with Crippen LogP contribution in [-0.4, -0.2) is 60.2 Å². The largest absolute Gasteiger partial charge is 0.487 e. The number of rotatable bonds is 10. The van der Waals surface area contributed by atoms with E-state index in [0.717, 1.165) is 63.7 Å². The SMILES string of the molecule is Cc1cc(Cl)c(OCCOc2ncc(C3=C(C(=O)N(Cc4cccc(Cl)c4C)C4CC4)C[C@H]4CNC[C@@H]3N4)s2)c(Cl)c1. The van der Waals surface area contributed by atoms with E-state index in [1.54, 1.807) is 0 Å². The number of carbonyl (C=O) groups excluding carboxylic acids is 1. The lowest BCUT2D eigenvalue weighted by Crippen LogP contribution is -2.58. The van der Waals surface area contributed by atoms with Crippen LogP contribution >= 0.6 is 46.1 Å². The second kappa shape index (κ2) is 12.7. The zero-order valence-electron chi connectivity index (χ0n) is 23.5. The summed E-state index contributed by atoms with van der Waals surface area (Å²) in [7, 11) is 0. The van der Waals surface area contributed by atoms with Crippen LogP contribution in [0.15, 0.2) is 42.1 Å². The minimum absolute atomic E-state index is 0.0212. The van der Waals surface area contributed by atoms with Gasteiger partial charge in [0.25, 0.3) is 11.1 Å². The first-order valence-corrected chi connectivity index (χ1v) is 16.2. The second-order valence-corrected chi connectivity index (χ2v) is 13.3. The zero-order valence-corrected chi connectivity index (χ0v) is 26.6. The first kappa shape index (κ1) is 29.7. The Bertz CT molecular complexity index is 1500. The van der Waals surface area contributed by atoms with Crippen LogP contribution in [0.25, 0.3) is 5.57 Å². The molecule has 222 valence electrons. The fourth-order valence-corrected chi connectivity index (χ4v) is 7.51. The van der Waals surface area contributed by atoms with Gasteiger partial charge in [-0.2, -0.15) is 0 Å². The van der Waals surface area contributed by atoms with E-state index in [0.29, 0.717) is 34.0 Å². The number of hydrogen-bond donors (Lipinski definition) is 2. The van der Waals surface area contributed by atoms with E-state index in [2.05, 4.69) is 26.6 Å². The Morgan fingerprint density at radius 2 is 1.83 bits per heavy atom. The molecule has 1 aliphatic carbocycles. The summed E-state index contributed by atoms with van der Waals surface area (Å²) in [6, 6.07) is 10.0. The van der Waals surface area contributed by atoms with E-state index in [4.69, 9.17) is 44.3 Å². The predicted octanol–water partition coefficient (Wildman–Crippen LogP) is 6.46. The minimum atomic E-state index is 0.0212. The molecule has 1 aromatic heterocycles. The van der Waals surface area contributed by atoms with Crippen molar-refractivity contribution in [3.63, 3.8) is 0 Å². The normalized spacial score (nSPS) is 20.0. The lowest BCUT2D eigenvalue weighted by atomic mass is 9.86. The molecule has 3 heterocycles. The molecule has 1 saturated carbocycles. The monoisotopic (exact) mass is 646 g/mol. The first-order chi connectivity index (χ1) is 20.3. The fraction of sp³-hybridized carbons (Fsp3) is 0.419. The van der Waals surface area contributed by atoms with Crippen molar-refractivity contribution in [2.24, 2.45) is 0 Å². The third kappa shape index (κ3) is 6.44. The molecule has 2 bridgehead atoms. The van der Waals surface area contributed by atoms with Crippen LogP contribution in [0.5, 0.6) is 10.9 Å². The number of thiazole rings is 1. The van der Waals surface area contributed by atoms with Gasteiger partial charge in [0.2, 0.25) is 0 Å². The highest BCUT2D eigenvalue weighted by Gasteiger charge is 2.40. The van der Waals surface area contributed by atoms with E-state index >= 15 is 0 Å². The standard InChI is InChI=1S/C31H33Cl3N4O3S/c1-17-10-24(33)29(25(34)11-17)40-8-9-41-31-36-15-27(42-31)28-22(12-20-13-35-14-26(28)37-20)30(39)38(21-6-7-21)16-19-4-3-5-23(32)18(19)2/h3-5,10-11,15,20-21,26,35,37H,6-9,12-14,16H2,1-2H3/t20-,26-/m0/s1. The van der Waals surface area contributed by atoms with Crippen LogP contribution in [0.1, 0.15) is 40.8 Å². The molecule has 2 aliphatic heterocycles. The second-order valence-electron chi connectivity index (χ2n) is 11.1. The van der Waals surface area contributed by atoms with Gasteiger partial charge in [0.15, 0.2) is 5.75 Å². The molecule has 6 rings (SSSR count). The molecule has 3 aromatic rings. The number of ether oxygens (including phenoxy) is 2. The highest BCUT2D eigenvalue weighted by molar-refractivity contribution is 7.14. The van der Waals surface area contributed by atoms with Crippen molar-refractivity contribution in [2.45, 2.75) is 57.8 Å². The summed E-state index contributed by atoms with van der Waals surface area (Å²) >= 11 is 20.5. The molecule has 2 N–H and O–H groups in total. The molecule has 11 heteroatoms. The Kier molecular flexibility index (Phi) is 9.01. The summed E-state index contributed by atoms with van der Waals surface area (Å²) in [5, 5.41) is 9.42. The third-order valence-electron chi connectivity index (χ3n) is 7.98. The van der Waals surface area contributed by atoms with Gasteiger partial charge in [0.1, 0.15) is 13.2 Å². The average Bonchev–Trinajstić information content (AvgIpc) is 3.70. The van der Waals surface area contributed by atoms with Crippen LogP contribution in [0.3, 0.4) is 0 Å². The molecule has 3 aliphatic rings. The molecule has 1 amide bonds. The molecule has 1 saturated heterocycles. The lowest BCUT2D eigenvalue weighted by molar-refractivity contribution is -0.128. The van der Waals surface area contributed by atoms with Crippen LogP contribution in [-0.2, 0) is 11.3 Å². The van der Waals surface area contributed by atoms with Gasteiger partial charge in [-0.25, -0.2) is 4.98 Å². The molecule has 2 atom stereocenters. The minimum Gasteiger partial charge on any atom is -0.487 e. The van der Waals surface area contributed by atoms with Crippen LogP contribution in [0.2, 0.25) is 15.1 Å². The van der Waals surface area contributed by atoms with Gasteiger partial charge in [-0.15, -0.1) is 0 Å². The maximum atomic E-state index is 14.3. The van der Waals surface area contributed by atoms with Gasteiger partial charge in [0.05, 0.1) is 14.9 Å². The van der Waals surface area contributed by atoms with Crippen LogP contribution < -0.4 is 20.1 Å². The molecule has 2 fully saturated rings. The summed E-state index contributed by atoms with van der Waals surface area (Å²) in [4.78, 5) is 21.8. The maximum Gasteiger partial charge on any atom is 0.273 e. The number of nitrogens with zero attached hydrogens (tertiary/aromatic N) is 2. The summed E-state index contributed by atoms with van der Waals surface area (Å²) in [5.41, 5.74) is 4.97. The van der Waals surface area contributed by atoms with Gasteiger partial charge in [-0.05, 0) is 73.6 Å². The predicted molar refractivity (Wildman–Crippen MR) is 169 cm³/mol. The Morgan fingerprint density at radius 3 is 2.60 bits per heavy atom. The van der Waals surface area contributed by atoms with Crippen molar-refractivity contribution in [3.8, 4) is 10.9 Å². The van der Waals surface area contributed by atoms with Crippen molar-refractivity contribution >= 4 is 57.6 Å². The first-order valence-electron chi connectivity index (χ1n) is 14.2. The smallest absolute Gasteiger partial charge is 0.273 e. The number of benzene rings is 2. The topological polar surface area (TPSA) is 75.7 Å². The number of nitrogens with one attached hydrogen (secondary N) is 2. The van der Waals surface area contributed by atoms with E-state index < -0.39 is 0 Å². The Labute approximate surface area is 265 Å². The number of fused-ring (bicyclic) bond motifs is 2. The van der Waals surface area contributed by atoms with Crippen LogP contribution in [0, 0.1) is 13.8 Å². The van der Waals surface area contributed by atoms with Crippen molar-refractivity contribution in [2.75, 3.05) is 26.3 Å². The summed E-state index contributed by atoms with van der Waals surface area (Å²) in [6.07, 6.45) is 4.53. The van der Waals surface area contributed by atoms with Gasteiger partial charge in [-0.3, -0.25) is 4.79 Å². The molecule has 2 aromatic carbocycles. The Hall–Kier alpha value is -2.33. The van der Waals surface area contributed by atoms with Gasteiger partial charge >= 0.3 is 0 Å². The van der Waals surface area contributed by atoms with Gasteiger partial charge in [-0.1, -0.05) is 58.3 Å². The molecular formula is C31H33Cl3N4O3S. The van der Waals surface area contributed by atoms with E-state index in [-0.39, 0.29) is 37.2 Å². The number of carbonyl (C=O) groups is 1. The molecular weight excluding hydrogens is 615 g/mol. The molecule has 7 nitrogen and oxygen atoms in total. The van der Waals surface area contributed by atoms with Gasteiger partial charge in [0, 0.05) is 54.6 Å². The zero-order chi connectivity index (χ0) is 29.4. The quantitative estimate of drug-likeness (QED) is 0.246. The summed E-state index contributed by atoms with van der Waals surface area (Å²) in [5.74, 6) is 0.558. The number of aromatic nitrogens is 1. The molecule has 42 heavy (non-hydrogen) atoms. The van der Waals surface area contributed by atoms with E-state index in [1.165, 1.54) is 11.3 Å². The third-order valence-corrected chi connectivity index (χ3v) is 9.89. The van der Waals surface area contributed by atoms with Crippen molar-refractivity contribution < 1.29 is 14.3 Å². The summed E-state index contributed by atoms with van der Waals surface area (Å²) in [6.45, 7) is 6.63. The van der Waals surface area contributed by atoms with Crippen molar-refractivity contribution in [1.82, 2.24) is 20.5 Å². The maximum absolute atomic E-state index is 14.3. The molecule has 0 unspecified atom stereocenters. The average molecular weight is 648 g/mol. The van der Waals surface area contributed by atoms with E-state index in [9.17, 15) is 4.79 Å².